The van der Waals surface area contributed by atoms with Crippen LogP contribution in [0, 0.1) is 6.92 Å². The molecule has 7 heteroatoms. The number of anilines is 2. The Morgan fingerprint density at radius 2 is 1.81 bits per heavy atom. The molecule has 0 saturated carbocycles. The van der Waals surface area contributed by atoms with Crippen LogP contribution in [0.3, 0.4) is 0 Å². The predicted molar refractivity (Wildman–Crippen MR) is 146 cm³/mol. The molecule has 0 amide bonds. The van der Waals surface area contributed by atoms with Crippen molar-refractivity contribution in [3.8, 4) is 23.0 Å². The van der Waals surface area contributed by atoms with Gasteiger partial charge in [-0.3, -0.25) is 4.99 Å². The van der Waals surface area contributed by atoms with Crippen molar-refractivity contribution in [3.63, 3.8) is 0 Å². The number of aryl methyl sites for hydroxylation is 1. The van der Waals surface area contributed by atoms with Crippen molar-refractivity contribution >= 4 is 22.4 Å². The third-order valence-electron chi connectivity index (χ3n) is 6.73. The van der Waals surface area contributed by atoms with Gasteiger partial charge >= 0.3 is 0 Å². The van der Waals surface area contributed by atoms with Gasteiger partial charge in [0.15, 0.2) is 0 Å². The number of rotatable bonds is 5. The minimum atomic E-state index is 0.210. The smallest absolute Gasteiger partial charge is 0.213 e. The van der Waals surface area contributed by atoms with Crippen molar-refractivity contribution < 1.29 is 9.47 Å². The lowest BCUT2D eigenvalue weighted by atomic mass is 10.1. The van der Waals surface area contributed by atoms with Crippen LogP contribution in [0.4, 0.5) is 11.4 Å². The topological polar surface area (TPSA) is 73.6 Å². The normalized spacial score (nSPS) is 14.8. The maximum atomic E-state index is 5.58. The van der Waals surface area contributed by atoms with E-state index in [1.807, 2.05) is 18.2 Å². The van der Waals surface area contributed by atoms with Crippen LogP contribution in [0.2, 0.25) is 0 Å². The molecule has 37 heavy (non-hydrogen) atoms. The maximum absolute atomic E-state index is 5.58. The van der Waals surface area contributed by atoms with Crippen LogP contribution in [0.25, 0.3) is 28.1 Å². The fourth-order valence-corrected chi connectivity index (χ4v) is 4.76. The molecule has 1 aliphatic carbocycles. The number of fused-ring (bicyclic) bond motifs is 2. The number of pyridine rings is 1. The molecule has 0 spiro atoms. The van der Waals surface area contributed by atoms with Gasteiger partial charge in [-0.25, -0.2) is 9.97 Å². The zero-order chi connectivity index (χ0) is 25.2. The van der Waals surface area contributed by atoms with E-state index in [0.717, 1.165) is 70.9 Å². The Kier molecular flexibility index (Phi) is 6.28. The molecule has 6 rings (SSSR count). The molecule has 0 bridgehead atoms. The Bertz CT molecular complexity index is 1570. The highest BCUT2D eigenvalue weighted by molar-refractivity contribution is 5.84. The number of hydrogen-bond acceptors (Lipinski definition) is 6. The fraction of sp³-hybridized carbons (Fsp3) is 0.233. The molecule has 1 saturated heterocycles. The first-order valence-electron chi connectivity index (χ1n) is 12.6. The highest BCUT2D eigenvalue weighted by Gasteiger charge is 2.18. The van der Waals surface area contributed by atoms with Crippen molar-refractivity contribution in [1.82, 2.24) is 14.5 Å². The molecule has 0 unspecified atom stereocenters. The molecule has 2 aliphatic heterocycles. The second-order valence-electron chi connectivity index (χ2n) is 9.32. The Morgan fingerprint density at radius 3 is 2.57 bits per heavy atom. The van der Waals surface area contributed by atoms with Crippen molar-refractivity contribution in [2.24, 2.45) is 4.99 Å². The number of para-hydroxylation sites is 2. The first-order valence-corrected chi connectivity index (χ1v) is 12.6. The average Bonchev–Trinajstić information content (AvgIpc) is 2.94. The standard InChI is InChI=1S/C30H29N5O2/c1-20-7-10-23(11-8-20)35-28-6-4-3-5-24(28)34-27-17-25(33-22-9-12-30(36-2)31-19-22)26(18-29(27)35)32-21-13-15-37-16-14-21/h3-12,17-19,21,33H,13-16H2,1-2H3/b32-26+. The van der Waals surface area contributed by atoms with E-state index in [2.05, 4.69) is 76.4 Å². The zero-order valence-electron chi connectivity index (χ0n) is 21.0. The van der Waals surface area contributed by atoms with Crippen LogP contribution in [0.1, 0.15) is 18.4 Å². The Labute approximate surface area is 215 Å². The predicted octanol–water partition coefficient (Wildman–Crippen LogP) is 5.67. The molecular formula is C30H29N5O2. The van der Waals surface area contributed by atoms with E-state index >= 15 is 0 Å². The molecule has 2 aromatic carbocycles. The van der Waals surface area contributed by atoms with Crippen LogP contribution in [0.5, 0.6) is 5.88 Å². The highest BCUT2D eigenvalue weighted by Crippen LogP contribution is 2.30. The van der Waals surface area contributed by atoms with E-state index in [1.54, 1.807) is 13.3 Å². The Morgan fingerprint density at radius 1 is 1.00 bits per heavy atom. The van der Waals surface area contributed by atoms with Crippen molar-refractivity contribution in [1.29, 1.82) is 0 Å². The molecule has 1 N–H and O–H groups in total. The summed E-state index contributed by atoms with van der Waals surface area (Å²) in [6, 6.07) is 25.1. The quantitative estimate of drug-likeness (QED) is 0.321. The minimum absolute atomic E-state index is 0.210. The van der Waals surface area contributed by atoms with Gasteiger partial charge < -0.3 is 19.4 Å². The molecule has 7 nitrogen and oxygen atoms in total. The van der Waals surface area contributed by atoms with Gasteiger partial charge in [0.2, 0.25) is 5.88 Å². The summed E-state index contributed by atoms with van der Waals surface area (Å²) in [5, 5.41) is 4.42. The number of nitrogens with one attached hydrogen (secondary N) is 1. The van der Waals surface area contributed by atoms with Crippen LogP contribution in [-0.4, -0.2) is 40.9 Å². The van der Waals surface area contributed by atoms with E-state index in [9.17, 15) is 0 Å². The second kappa shape index (κ2) is 10.0. The lowest BCUT2D eigenvalue weighted by Gasteiger charge is -2.22. The monoisotopic (exact) mass is 491 g/mol. The van der Waals surface area contributed by atoms with Crippen molar-refractivity contribution in [2.75, 3.05) is 25.6 Å². The largest absolute Gasteiger partial charge is 0.481 e. The molecule has 1 fully saturated rings. The van der Waals surface area contributed by atoms with Crippen molar-refractivity contribution in [2.45, 2.75) is 25.8 Å². The summed E-state index contributed by atoms with van der Waals surface area (Å²) >= 11 is 0. The molecule has 3 heterocycles. The van der Waals surface area contributed by atoms with Crippen LogP contribution in [0.15, 0.2) is 84.0 Å². The van der Waals surface area contributed by atoms with Gasteiger partial charge in [-0.1, -0.05) is 29.8 Å². The SMILES string of the molecule is COc1ccc(Nc2cc3nc4ccccc4n(-c4ccc(C)cc4)c-3c/c2=N\C2CCOCC2)cn1. The van der Waals surface area contributed by atoms with Gasteiger partial charge in [0, 0.05) is 25.0 Å². The van der Waals surface area contributed by atoms with Gasteiger partial charge in [-0.2, -0.15) is 0 Å². The van der Waals surface area contributed by atoms with Gasteiger partial charge in [0.25, 0.3) is 0 Å². The van der Waals surface area contributed by atoms with E-state index in [0.29, 0.717) is 5.88 Å². The van der Waals surface area contributed by atoms with Crippen molar-refractivity contribution in [3.05, 3.63) is 89.9 Å². The summed E-state index contributed by atoms with van der Waals surface area (Å²) in [6.07, 6.45) is 3.59. The summed E-state index contributed by atoms with van der Waals surface area (Å²) < 4.78 is 13.1. The van der Waals surface area contributed by atoms with E-state index < -0.39 is 0 Å². The first-order chi connectivity index (χ1) is 18.2. The summed E-state index contributed by atoms with van der Waals surface area (Å²) in [7, 11) is 1.61. The number of aromatic nitrogens is 3. The second-order valence-corrected chi connectivity index (χ2v) is 9.32. The minimum Gasteiger partial charge on any atom is -0.481 e. The molecule has 3 aliphatic rings. The van der Waals surface area contributed by atoms with Gasteiger partial charge in [-0.05, 0) is 62.2 Å². The first kappa shape index (κ1) is 23.2. The Balaban J connectivity index is 1.58. The molecule has 0 atom stereocenters. The molecule has 1 aromatic heterocycles. The summed E-state index contributed by atoms with van der Waals surface area (Å²) in [4.78, 5) is 14.6. The van der Waals surface area contributed by atoms with Gasteiger partial charge in [-0.15, -0.1) is 0 Å². The van der Waals surface area contributed by atoms with Gasteiger partial charge in [0.05, 0.1) is 58.5 Å². The number of methoxy groups -OCH3 is 1. The third-order valence-corrected chi connectivity index (χ3v) is 6.73. The zero-order valence-corrected chi connectivity index (χ0v) is 21.0. The maximum Gasteiger partial charge on any atom is 0.213 e. The van der Waals surface area contributed by atoms with Gasteiger partial charge in [0.1, 0.15) is 0 Å². The lowest BCUT2D eigenvalue weighted by molar-refractivity contribution is 0.0864. The summed E-state index contributed by atoms with van der Waals surface area (Å²) in [5.41, 5.74) is 7.94. The number of nitrogens with zero attached hydrogens (tertiary/aromatic N) is 4. The molecule has 3 aromatic rings. The molecule has 0 radical (unpaired) electrons. The van der Waals surface area contributed by atoms with E-state index in [1.165, 1.54) is 5.56 Å². The number of ether oxygens (including phenoxy) is 2. The number of hydrogen-bond donors (Lipinski definition) is 1. The lowest BCUT2D eigenvalue weighted by Crippen LogP contribution is -2.23. The Hall–Kier alpha value is -4.23. The average molecular weight is 492 g/mol. The van der Waals surface area contributed by atoms with Crippen LogP contribution >= 0.6 is 0 Å². The van der Waals surface area contributed by atoms with E-state index in [-0.39, 0.29) is 6.04 Å². The molecule has 186 valence electrons. The van der Waals surface area contributed by atoms with E-state index in [4.69, 9.17) is 19.5 Å². The molecular weight excluding hydrogens is 462 g/mol. The van der Waals surface area contributed by atoms with Crippen LogP contribution in [-0.2, 0) is 4.74 Å². The van der Waals surface area contributed by atoms with Crippen LogP contribution < -0.4 is 15.4 Å². The fourth-order valence-electron chi connectivity index (χ4n) is 4.76. The number of benzene rings is 3. The summed E-state index contributed by atoms with van der Waals surface area (Å²) in [5.74, 6) is 0.573. The summed E-state index contributed by atoms with van der Waals surface area (Å²) in [6.45, 7) is 3.58. The highest BCUT2D eigenvalue weighted by atomic mass is 16.5. The third kappa shape index (κ3) is 4.78.